The summed E-state index contributed by atoms with van der Waals surface area (Å²) in [7, 11) is 0. The quantitative estimate of drug-likeness (QED) is 0.691. The summed E-state index contributed by atoms with van der Waals surface area (Å²) in [6.45, 7) is 6.17. The SMILES string of the molecule is CCN(CC)C(=O)c1ccc(NCCc2c[nH]c3ccccc23)nc1. The molecule has 0 fully saturated rings. The molecule has 2 aromatic heterocycles. The molecule has 1 aromatic carbocycles. The normalized spacial score (nSPS) is 10.8. The standard InChI is InChI=1S/C20H24N4O/c1-3-24(4-2)20(25)16-9-10-19(23-14-16)21-12-11-15-13-22-18-8-6-5-7-17(15)18/h5-10,13-14,22H,3-4,11-12H2,1-2H3,(H,21,23). The van der Waals surface area contributed by atoms with Gasteiger partial charge < -0.3 is 15.2 Å². The van der Waals surface area contributed by atoms with Crippen LogP contribution < -0.4 is 5.32 Å². The second kappa shape index (κ2) is 7.83. The van der Waals surface area contributed by atoms with E-state index in [0.717, 1.165) is 24.3 Å². The zero-order valence-corrected chi connectivity index (χ0v) is 14.7. The van der Waals surface area contributed by atoms with Crippen LogP contribution in [0.3, 0.4) is 0 Å². The zero-order valence-electron chi connectivity index (χ0n) is 14.7. The Kier molecular flexibility index (Phi) is 5.33. The number of H-pyrrole nitrogens is 1. The Morgan fingerprint density at radius 1 is 1.16 bits per heavy atom. The van der Waals surface area contributed by atoms with Gasteiger partial charge in [-0.1, -0.05) is 18.2 Å². The lowest BCUT2D eigenvalue weighted by Crippen LogP contribution is -2.30. The van der Waals surface area contributed by atoms with Crippen LogP contribution in [0.1, 0.15) is 29.8 Å². The van der Waals surface area contributed by atoms with Gasteiger partial charge in [0.15, 0.2) is 0 Å². The number of rotatable bonds is 7. The number of aromatic nitrogens is 2. The van der Waals surface area contributed by atoms with Gasteiger partial charge in [-0.15, -0.1) is 0 Å². The molecule has 0 saturated carbocycles. The molecule has 0 unspecified atom stereocenters. The van der Waals surface area contributed by atoms with Gasteiger partial charge >= 0.3 is 0 Å². The largest absolute Gasteiger partial charge is 0.370 e. The van der Waals surface area contributed by atoms with E-state index >= 15 is 0 Å². The lowest BCUT2D eigenvalue weighted by molar-refractivity contribution is 0.0772. The van der Waals surface area contributed by atoms with Crippen LogP contribution in [-0.2, 0) is 6.42 Å². The summed E-state index contributed by atoms with van der Waals surface area (Å²) < 4.78 is 0. The monoisotopic (exact) mass is 336 g/mol. The smallest absolute Gasteiger partial charge is 0.255 e. The molecule has 3 aromatic rings. The molecule has 2 N–H and O–H groups in total. The van der Waals surface area contributed by atoms with Crippen molar-refractivity contribution in [3.8, 4) is 0 Å². The van der Waals surface area contributed by atoms with Crippen LogP contribution in [0.15, 0.2) is 48.8 Å². The Bertz CT molecular complexity index is 834. The predicted molar refractivity (Wildman–Crippen MR) is 102 cm³/mol. The summed E-state index contributed by atoms with van der Waals surface area (Å²) in [5.41, 5.74) is 3.08. The minimum Gasteiger partial charge on any atom is -0.370 e. The third-order valence-electron chi connectivity index (χ3n) is 4.44. The topological polar surface area (TPSA) is 61.0 Å². The fourth-order valence-corrected chi connectivity index (χ4v) is 2.98. The average Bonchev–Trinajstić information content (AvgIpc) is 3.06. The summed E-state index contributed by atoms with van der Waals surface area (Å²) in [4.78, 5) is 21.7. The summed E-state index contributed by atoms with van der Waals surface area (Å²) in [5, 5.41) is 4.58. The number of fused-ring (bicyclic) bond motifs is 1. The van der Waals surface area contributed by atoms with Crippen LogP contribution in [-0.4, -0.2) is 40.4 Å². The molecule has 0 saturated heterocycles. The first-order valence-electron chi connectivity index (χ1n) is 8.77. The van der Waals surface area contributed by atoms with E-state index in [1.54, 1.807) is 11.1 Å². The van der Waals surface area contributed by atoms with Crippen LogP contribution >= 0.6 is 0 Å². The minimum absolute atomic E-state index is 0.0304. The van der Waals surface area contributed by atoms with Crippen molar-refractivity contribution >= 4 is 22.6 Å². The zero-order chi connectivity index (χ0) is 17.6. The highest BCUT2D eigenvalue weighted by Gasteiger charge is 2.12. The number of nitrogens with one attached hydrogen (secondary N) is 2. The number of carbonyl (C=O) groups excluding carboxylic acids is 1. The molecule has 0 aliphatic rings. The predicted octanol–water partition coefficient (Wildman–Crippen LogP) is 3.70. The van der Waals surface area contributed by atoms with E-state index in [1.165, 1.54) is 10.9 Å². The maximum absolute atomic E-state index is 12.3. The molecule has 0 bridgehead atoms. The van der Waals surface area contributed by atoms with E-state index in [-0.39, 0.29) is 5.91 Å². The highest BCUT2D eigenvalue weighted by molar-refractivity contribution is 5.94. The van der Waals surface area contributed by atoms with E-state index in [1.807, 2.05) is 32.0 Å². The molecule has 130 valence electrons. The van der Waals surface area contributed by atoms with Crippen molar-refractivity contribution in [3.63, 3.8) is 0 Å². The lowest BCUT2D eigenvalue weighted by Gasteiger charge is -2.18. The van der Waals surface area contributed by atoms with E-state index in [0.29, 0.717) is 18.7 Å². The molecule has 2 heterocycles. The van der Waals surface area contributed by atoms with E-state index in [4.69, 9.17) is 0 Å². The van der Waals surface area contributed by atoms with Crippen LogP contribution in [0.2, 0.25) is 0 Å². The minimum atomic E-state index is 0.0304. The maximum Gasteiger partial charge on any atom is 0.255 e. The van der Waals surface area contributed by atoms with Gasteiger partial charge in [-0.3, -0.25) is 4.79 Å². The van der Waals surface area contributed by atoms with Crippen molar-refractivity contribution in [2.24, 2.45) is 0 Å². The third-order valence-corrected chi connectivity index (χ3v) is 4.44. The summed E-state index contributed by atoms with van der Waals surface area (Å²) in [6, 6.07) is 12.0. The Morgan fingerprint density at radius 3 is 2.68 bits per heavy atom. The molecule has 0 radical (unpaired) electrons. The number of nitrogens with zero attached hydrogens (tertiary/aromatic N) is 2. The second-order valence-electron chi connectivity index (χ2n) is 5.95. The molecule has 0 atom stereocenters. The first-order valence-corrected chi connectivity index (χ1v) is 8.77. The average molecular weight is 336 g/mol. The van der Waals surface area contributed by atoms with Crippen LogP contribution in [0.5, 0.6) is 0 Å². The number of anilines is 1. The van der Waals surface area contributed by atoms with E-state index in [2.05, 4.69) is 39.7 Å². The van der Waals surface area contributed by atoms with Crippen molar-refractivity contribution < 1.29 is 4.79 Å². The van der Waals surface area contributed by atoms with Crippen molar-refractivity contribution in [1.29, 1.82) is 0 Å². The summed E-state index contributed by atoms with van der Waals surface area (Å²) in [5.74, 6) is 0.818. The molecule has 5 nitrogen and oxygen atoms in total. The van der Waals surface area contributed by atoms with Gasteiger partial charge in [0.05, 0.1) is 5.56 Å². The number of aromatic amines is 1. The second-order valence-corrected chi connectivity index (χ2v) is 5.95. The van der Waals surface area contributed by atoms with Crippen LogP contribution in [0.4, 0.5) is 5.82 Å². The van der Waals surface area contributed by atoms with Gasteiger partial charge in [0.25, 0.3) is 5.91 Å². The van der Waals surface area contributed by atoms with Gasteiger partial charge in [0.1, 0.15) is 5.82 Å². The highest BCUT2D eigenvalue weighted by atomic mass is 16.2. The maximum atomic E-state index is 12.3. The number of amides is 1. The Balaban J connectivity index is 1.58. The first-order chi connectivity index (χ1) is 12.2. The number of para-hydroxylation sites is 1. The molecular formula is C20H24N4O. The molecule has 5 heteroatoms. The van der Waals surface area contributed by atoms with Crippen molar-refractivity contribution in [1.82, 2.24) is 14.9 Å². The molecule has 25 heavy (non-hydrogen) atoms. The van der Waals surface area contributed by atoms with Gasteiger partial charge in [-0.25, -0.2) is 4.98 Å². The number of hydrogen-bond donors (Lipinski definition) is 2. The van der Waals surface area contributed by atoms with Crippen molar-refractivity contribution in [2.75, 3.05) is 25.0 Å². The first kappa shape index (κ1) is 17.0. The molecule has 0 aliphatic carbocycles. The van der Waals surface area contributed by atoms with Gasteiger partial charge in [0.2, 0.25) is 0 Å². The van der Waals surface area contributed by atoms with Gasteiger partial charge in [-0.2, -0.15) is 0 Å². The number of carbonyl (C=O) groups is 1. The van der Waals surface area contributed by atoms with Gasteiger partial charge in [-0.05, 0) is 44.0 Å². The van der Waals surface area contributed by atoms with Crippen molar-refractivity contribution in [3.05, 3.63) is 59.9 Å². The number of hydrogen-bond acceptors (Lipinski definition) is 3. The van der Waals surface area contributed by atoms with Gasteiger partial charge in [0, 0.05) is 42.9 Å². The molecule has 0 spiro atoms. The summed E-state index contributed by atoms with van der Waals surface area (Å²) in [6.07, 6.45) is 4.62. The lowest BCUT2D eigenvalue weighted by atomic mass is 10.1. The fourth-order valence-electron chi connectivity index (χ4n) is 2.98. The Hall–Kier alpha value is -2.82. The highest BCUT2D eigenvalue weighted by Crippen LogP contribution is 2.18. The van der Waals surface area contributed by atoms with Crippen LogP contribution in [0, 0.1) is 0 Å². The Morgan fingerprint density at radius 2 is 1.96 bits per heavy atom. The molecule has 1 amide bonds. The van der Waals surface area contributed by atoms with Crippen molar-refractivity contribution in [2.45, 2.75) is 20.3 Å². The molecular weight excluding hydrogens is 312 g/mol. The van der Waals surface area contributed by atoms with E-state index < -0.39 is 0 Å². The Labute approximate surface area is 148 Å². The fraction of sp³-hybridized carbons (Fsp3) is 0.300. The van der Waals surface area contributed by atoms with E-state index in [9.17, 15) is 4.79 Å². The summed E-state index contributed by atoms with van der Waals surface area (Å²) >= 11 is 0. The number of benzene rings is 1. The molecule has 3 rings (SSSR count). The van der Waals surface area contributed by atoms with Crippen LogP contribution in [0.25, 0.3) is 10.9 Å². The molecule has 0 aliphatic heterocycles. The third kappa shape index (κ3) is 3.82. The number of pyridine rings is 1.